The molecule has 0 aliphatic carbocycles. The Morgan fingerprint density at radius 3 is 2.67 bits per heavy atom. The fourth-order valence-electron chi connectivity index (χ4n) is 1.80. The van der Waals surface area contributed by atoms with Gasteiger partial charge in [0, 0.05) is 0 Å². The maximum Gasteiger partial charge on any atom is 0.270 e. The Bertz CT molecular complexity index is 465. The fourth-order valence-corrected chi connectivity index (χ4v) is 2.39. The number of aliphatic hydroxyl groups is 3. The number of rotatable bonds is 3. The van der Waals surface area contributed by atoms with Gasteiger partial charge in [0.05, 0.1) is 12.9 Å². The summed E-state index contributed by atoms with van der Waals surface area (Å²) in [7, 11) is 0. The summed E-state index contributed by atoms with van der Waals surface area (Å²) in [4.78, 5) is 14.8. The first-order valence-electron chi connectivity index (χ1n) is 5.12. The summed E-state index contributed by atoms with van der Waals surface area (Å²) >= 11 is 3.12. The molecule has 100 valence electrons. The minimum absolute atomic E-state index is 0.00672. The van der Waals surface area contributed by atoms with Crippen molar-refractivity contribution < 1.29 is 24.9 Å². The van der Waals surface area contributed by atoms with E-state index < -0.39 is 37.1 Å². The molecule has 0 aromatic carbocycles. The van der Waals surface area contributed by atoms with Crippen molar-refractivity contribution in [1.82, 2.24) is 9.55 Å². The molecule has 8 nitrogen and oxygen atoms in total. The molecule has 1 unspecified atom stereocenters. The highest BCUT2D eigenvalue weighted by atomic mass is 79.9. The molecule has 0 bridgehead atoms. The van der Waals surface area contributed by atoms with Crippen LogP contribution in [-0.2, 0) is 4.74 Å². The van der Waals surface area contributed by atoms with Gasteiger partial charge in [-0.25, -0.2) is 4.98 Å². The number of carbonyl (C=O) groups is 1. The average Bonchev–Trinajstić information content (AvgIpc) is 2.82. The molecule has 0 saturated carbocycles. The molecule has 1 saturated heterocycles. The normalized spacial score (nSPS) is 31.8. The van der Waals surface area contributed by atoms with Crippen LogP contribution >= 0.6 is 15.9 Å². The number of ether oxygens (including phenoxy) is 1. The topological polar surface area (TPSA) is 131 Å². The molecule has 1 aliphatic rings. The van der Waals surface area contributed by atoms with E-state index in [1.165, 1.54) is 10.9 Å². The van der Waals surface area contributed by atoms with Crippen molar-refractivity contribution in [1.29, 1.82) is 0 Å². The van der Waals surface area contributed by atoms with Crippen molar-refractivity contribution in [2.45, 2.75) is 24.5 Å². The van der Waals surface area contributed by atoms with Gasteiger partial charge < -0.3 is 25.8 Å². The van der Waals surface area contributed by atoms with Crippen LogP contribution in [0.25, 0.3) is 0 Å². The van der Waals surface area contributed by atoms with E-state index in [-0.39, 0.29) is 10.3 Å². The lowest BCUT2D eigenvalue weighted by atomic mass is 10.1. The third kappa shape index (κ3) is 2.04. The fraction of sp³-hybridized carbons (Fsp3) is 0.556. The van der Waals surface area contributed by atoms with E-state index in [0.717, 1.165) is 0 Å². The van der Waals surface area contributed by atoms with Crippen LogP contribution in [0, 0.1) is 0 Å². The maximum atomic E-state index is 11.0. The Balaban J connectivity index is 2.30. The molecule has 1 aromatic heterocycles. The molecule has 1 amide bonds. The number of hydrogen-bond acceptors (Lipinski definition) is 6. The number of primary amides is 1. The van der Waals surface area contributed by atoms with Gasteiger partial charge in [-0.2, -0.15) is 0 Å². The zero-order valence-electron chi connectivity index (χ0n) is 9.10. The van der Waals surface area contributed by atoms with Crippen LogP contribution < -0.4 is 5.73 Å². The van der Waals surface area contributed by atoms with E-state index >= 15 is 0 Å². The summed E-state index contributed by atoms with van der Waals surface area (Å²) in [5, 5.41) is 28.4. The van der Waals surface area contributed by atoms with Crippen molar-refractivity contribution in [2.24, 2.45) is 5.73 Å². The second-order valence-corrected chi connectivity index (χ2v) is 4.64. The molecule has 2 rings (SSSR count). The quantitative estimate of drug-likeness (QED) is 0.528. The number of nitrogens with two attached hydrogens (primary N) is 1. The molecule has 1 aliphatic heterocycles. The van der Waals surface area contributed by atoms with Crippen LogP contribution in [0.15, 0.2) is 10.9 Å². The van der Waals surface area contributed by atoms with Crippen molar-refractivity contribution in [3.8, 4) is 0 Å². The predicted octanol–water partition coefficient (Wildman–Crippen LogP) is -1.64. The number of amides is 1. The Labute approximate surface area is 110 Å². The zero-order chi connectivity index (χ0) is 13.4. The Morgan fingerprint density at radius 1 is 1.56 bits per heavy atom. The van der Waals surface area contributed by atoms with Crippen molar-refractivity contribution in [2.75, 3.05) is 6.61 Å². The second-order valence-electron chi connectivity index (χ2n) is 3.88. The monoisotopic (exact) mass is 321 g/mol. The first-order valence-corrected chi connectivity index (χ1v) is 5.91. The van der Waals surface area contributed by atoms with E-state index in [1.807, 2.05) is 0 Å². The Hall–Kier alpha value is -1.00. The predicted molar refractivity (Wildman–Crippen MR) is 61.5 cm³/mol. The number of halogens is 1. The van der Waals surface area contributed by atoms with Crippen molar-refractivity contribution >= 4 is 21.8 Å². The van der Waals surface area contributed by atoms with Gasteiger partial charge in [-0.1, -0.05) is 0 Å². The lowest BCUT2D eigenvalue weighted by molar-refractivity contribution is -0.0537. The summed E-state index contributed by atoms with van der Waals surface area (Å²) in [6.45, 7) is -0.427. The van der Waals surface area contributed by atoms with Crippen LogP contribution in [0.1, 0.15) is 16.7 Å². The third-order valence-corrected chi connectivity index (χ3v) is 3.54. The van der Waals surface area contributed by atoms with Gasteiger partial charge in [0.25, 0.3) is 5.91 Å². The van der Waals surface area contributed by atoms with E-state index in [0.29, 0.717) is 0 Å². The van der Waals surface area contributed by atoms with Gasteiger partial charge in [-0.05, 0) is 15.9 Å². The SMILES string of the molecule is NC(=O)c1ncn(C2O[C@H](CO)[C@@H](O)[C@H]2O)c1Br. The Kier molecular flexibility index (Phi) is 3.69. The van der Waals surface area contributed by atoms with Crippen LogP contribution in [0.3, 0.4) is 0 Å². The minimum Gasteiger partial charge on any atom is -0.394 e. The number of aliphatic hydroxyl groups excluding tert-OH is 3. The van der Waals surface area contributed by atoms with Crippen molar-refractivity contribution in [3.05, 3.63) is 16.6 Å². The molecule has 4 atom stereocenters. The molecule has 2 heterocycles. The van der Waals surface area contributed by atoms with E-state index in [2.05, 4.69) is 20.9 Å². The minimum atomic E-state index is -1.24. The summed E-state index contributed by atoms with van der Waals surface area (Å²) in [6, 6.07) is 0. The van der Waals surface area contributed by atoms with Gasteiger partial charge >= 0.3 is 0 Å². The Morgan fingerprint density at radius 2 is 2.22 bits per heavy atom. The highest BCUT2D eigenvalue weighted by molar-refractivity contribution is 9.10. The van der Waals surface area contributed by atoms with Crippen molar-refractivity contribution in [3.63, 3.8) is 0 Å². The van der Waals surface area contributed by atoms with Gasteiger partial charge in [0.15, 0.2) is 11.9 Å². The number of carbonyl (C=O) groups excluding carboxylic acids is 1. The average molecular weight is 322 g/mol. The van der Waals surface area contributed by atoms with Gasteiger partial charge in [-0.3, -0.25) is 9.36 Å². The van der Waals surface area contributed by atoms with Gasteiger partial charge in [0.2, 0.25) is 0 Å². The standard InChI is InChI=1S/C9H12BrN3O5/c10-7-4(8(11)17)12-2-13(7)9-6(16)5(15)3(1-14)18-9/h2-3,5-6,9,14-16H,1H2,(H2,11,17)/t3-,5-,6-,9?/m1/s1. The maximum absolute atomic E-state index is 11.0. The van der Waals surface area contributed by atoms with Gasteiger partial charge in [0.1, 0.15) is 22.9 Å². The van der Waals surface area contributed by atoms with E-state index in [4.69, 9.17) is 15.6 Å². The first-order chi connectivity index (χ1) is 8.47. The van der Waals surface area contributed by atoms with Crippen LogP contribution in [0.2, 0.25) is 0 Å². The molecular formula is C9H12BrN3O5. The number of nitrogens with zero attached hydrogens (tertiary/aromatic N) is 2. The third-order valence-electron chi connectivity index (χ3n) is 2.76. The molecule has 5 N–H and O–H groups in total. The molecular weight excluding hydrogens is 310 g/mol. The first kappa shape index (κ1) is 13.4. The molecule has 0 spiro atoms. The van der Waals surface area contributed by atoms with Crippen LogP contribution in [0.5, 0.6) is 0 Å². The number of hydrogen-bond donors (Lipinski definition) is 4. The van der Waals surface area contributed by atoms with E-state index in [9.17, 15) is 15.0 Å². The molecule has 1 aromatic rings. The lowest BCUT2D eigenvalue weighted by Gasteiger charge is -2.17. The molecule has 1 fully saturated rings. The summed E-state index contributed by atoms with van der Waals surface area (Å²) in [6.07, 6.45) is -3.05. The summed E-state index contributed by atoms with van der Waals surface area (Å²) in [5.41, 5.74) is 5.10. The molecule has 18 heavy (non-hydrogen) atoms. The lowest BCUT2D eigenvalue weighted by Crippen LogP contribution is -2.33. The smallest absolute Gasteiger partial charge is 0.270 e. The van der Waals surface area contributed by atoms with Crippen LogP contribution in [0.4, 0.5) is 0 Å². The van der Waals surface area contributed by atoms with Gasteiger partial charge in [-0.15, -0.1) is 0 Å². The number of imidazole rings is 1. The zero-order valence-corrected chi connectivity index (χ0v) is 10.7. The second kappa shape index (κ2) is 4.94. The largest absolute Gasteiger partial charge is 0.394 e. The summed E-state index contributed by atoms with van der Waals surface area (Å²) in [5.74, 6) is -0.729. The van der Waals surface area contributed by atoms with E-state index in [1.54, 1.807) is 0 Å². The highest BCUT2D eigenvalue weighted by Crippen LogP contribution is 2.32. The molecule has 9 heteroatoms. The molecule has 0 radical (unpaired) electrons. The summed E-state index contributed by atoms with van der Waals surface area (Å²) < 4.78 is 6.85. The van der Waals surface area contributed by atoms with Crippen LogP contribution in [-0.4, -0.2) is 55.7 Å². The highest BCUT2D eigenvalue weighted by Gasteiger charge is 2.44. The number of aromatic nitrogens is 2.